The number of carbonyl (C=O) groups excluding carboxylic acids is 1. The predicted molar refractivity (Wildman–Crippen MR) is 170 cm³/mol. The van der Waals surface area contributed by atoms with Gasteiger partial charge in [-0.05, 0) is 93.8 Å². The van der Waals surface area contributed by atoms with Gasteiger partial charge in [0.1, 0.15) is 11.5 Å². The van der Waals surface area contributed by atoms with E-state index in [1.54, 1.807) is 23.5 Å². The van der Waals surface area contributed by atoms with E-state index in [-0.39, 0.29) is 11.9 Å². The van der Waals surface area contributed by atoms with Gasteiger partial charge in [0.05, 0.1) is 18.1 Å². The molecule has 3 unspecified atom stereocenters. The molecule has 0 radical (unpaired) electrons. The van der Waals surface area contributed by atoms with Crippen LogP contribution in [0.3, 0.4) is 0 Å². The lowest BCUT2D eigenvalue weighted by atomic mass is 9.83. The van der Waals surface area contributed by atoms with Gasteiger partial charge in [-0.3, -0.25) is 4.79 Å². The number of thioether (sulfide) groups is 2. The van der Waals surface area contributed by atoms with Crippen molar-refractivity contribution in [3.05, 3.63) is 29.0 Å². The second-order valence-corrected chi connectivity index (χ2v) is 14.2. The minimum atomic E-state index is -0.625. The number of carbonyl (C=O) groups is 1. The molecule has 0 bridgehead atoms. The quantitative estimate of drug-likeness (QED) is 0.0987. The Hall–Kier alpha value is -1.31. The van der Waals surface area contributed by atoms with Gasteiger partial charge in [0.25, 0.3) is 4.27 Å². The summed E-state index contributed by atoms with van der Waals surface area (Å²) in [6, 6.07) is 4.34. The van der Waals surface area contributed by atoms with Crippen molar-refractivity contribution >= 4 is 35.1 Å². The Morgan fingerprint density at radius 2 is 1.80 bits per heavy atom. The molecule has 3 aliphatic rings. The maximum absolute atomic E-state index is 13.5. The topological polar surface area (TPSA) is 48.0 Å². The number of hydrogen-bond donors (Lipinski definition) is 0. The first-order chi connectivity index (χ1) is 19.3. The summed E-state index contributed by atoms with van der Waals surface area (Å²) < 4.78 is 18.8. The average molecular weight is 590 g/mol. The number of rotatable bonds is 13. The molecule has 0 N–H and O–H groups in total. The van der Waals surface area contributed by atoms with Crippen LogP contribution in [0.25, 0.3) is 5.57 Å². The largest absolute Gasteiger partial charge is 0.491 e. The molecule has 0 aromatic heterocycles. The van der Waals surface area contributed by atoms with Crippen molar-refractivity contribution < 1.29 is 19.0 Å². The van der Waals surface area contributed by atoms with E-state index in [0.717, 1.165) is 61.5 Å². The number of unbranched alkanes of at least 4 members (excludes halogenated alkanes) is 2. The Morgan fingerprint density at radius 3 is 2.50 bits per heavy atom. The van der Waals surface area contributed by atoms with E-state index in [9.17, 15) is 4.79 Å². The molecule has 1 fully saturated rings. The average Bonchev–Trinajstić information content (AvgIpc) is 2.99. The van der Waals surface area contributed by atoms with Crippen LogP contribution in [0.1, 0.15) is 109 Å². The van der Waals surface area contributed by atoms with Gasteiger partial charge < -0.3 is 19.1 Å². The van der Waals surface area contributed by atoms with Crippen LogP contribution in [-0.4, -0.2) is 53.9 Å². The lowest BCUT2D eigenvalue weighted by Gasteiger charge is -2.41. The SMILES string of the molecule is CCCCCC(C)C(C)c1cc(OC(=O)C(C)CCN2CCCCC2)c2c(c1)OC(SC)(SC)C1=C2CCCO1. The highest BCUT2D eigenvalue weighted by Gasteiger charge is 2.46. The molecule has 224 valence electrons. The minimum Gasteiger partial charge on any atom is -0.491 e. The molecule has 0 spiro atoms. The first kappa shape index (κ1) is 31.6. The monoisotopic (exact) mass is 589 g/mol. The number of likely N-dealkylation sites (tertiary alicyclic amines) is 1. The molecule has 5 nitrogen and oxygen atoms in total. The number of allylic oxidation sites excluding steroid dienone is 1. The highest BCUT2D eigenvalue weighted by Crippen LogP contribution is 2.56. The van der Waals surface area contributed by atoms with Gasteiger partial charge in [-0.1, -0.05) is 83.3 Å². The Balaban J connectivity index is 1.66. The first-order valence-corrected chi connectivity index (χ1v) is 18.1. The van der Waals surface area contributed by atoms with Crippen LogP contribution in [-0.2, 0) is 9.53 Å². The fourth-order valence-electron chi connectivity index (χ4n) is 6.19. The highest BCUT2D eigenvalue weighted by molar-refractivity contribution is 8.17. The third-order valence-corrected chi connectivity index (χ3v) is 11.7. The zero-order valence-corrected chi connectivity index (χ0v) is 27.3. The maximum atomic E-state index is 13.5. The third-order valence-electron chi connectivity index (χ3n) is 9.12. The van der Waals surface area contributed by atoms with Crippen molar-refractivity contribution in [2.24, 2.45) is 11.8 Å². The molecule has 7 heteroatoms. The third kappa shape index (κ3) is 7.18. The van der Waals surface area contributed by atoms with Crippen LogP contribution in [0, 0.1) is 11.8 Å². The Kier molecular flexibility index (Phi) is 11.6. The number of nitrogens with zero attached hydrogens (tertiary/aromatic N) is 1. The molecule has 1 aromatic rings. The zero-order chi connectivity index (χ0) is 28.7. The molecule has 0 amide bonds. The van der Waals surface area contributed by atoms with Gasteiger partial charge in [-0.15, -0.1) is 0 Å². The summed E-state index contributed by atoms with van der Waals surface area (Å²) in [5.41, 5.74) is 3.23. The van der Waals surface area contributed by atoms with Gasteiger partial charge in [-0.25, -0.2) is 0 Å². The Labute approximate surface area is 251 Å². The van der Waals surface area contributed by atoms with Crippen molar-refractivity contribution in [1.29, 1.82) is 0 Å². The second-order valence-electron chi connectivity index (χ2n) is 12.0. The first-order valence-electron chi connectivity index (χ1n) is 15.6. The molecule has 3 atom stereocenters. The standard InChI is InChI=1S/C33H51NO4S2/c1-7-8-10-14-23(2)25(4)26-21-28(37-32(35)24(3)16-19-34-17-11-9-12-18-34)30-27-15-13-20-36-31(27)33(39-5,40-6)38-29(30)22-26/h21-25H,7-20H2,1-6H3. The maximum Gasteiger partial charge on any atom is 0.314 e. The lowest BCUT2D eigenvalue weighted by Crippen LogP contribution is -2.37. The van der Waals surface area contributed by atoms with Gasteiger partial charge in [0.15, 0.2) is 5.76 Å². The van der Waals surface area contributed by atoms with Crippen LogP contribution in [0.15, 0.2) is 17.9 Å². The summed E-state index contributed by atoms with van der Waals surface area (Å²) in [7, 11) is 0. The van der Waals surface area contributed by atoms with Crippen molar-refractivity contribution in [2.45, 2.75) is 102 Å². The number of piperidine rings is 1. The lowest BCUT2D eigenvalue weighted by molar-refractivity contribution is -0.138. The van der Waals surface area contributed by atoms with Crippen LogP contribution in [0.2, 0.25) is 0 Å². The summed E-state index contributed by atoms with van der Waals surface area (Å²) in [5, 5.41) is 0. The molecule has 3 heterocycles. The highest BCUT2D eigenvalue weighted by atomic mass is 32.2. The van der Waals surface area contributed by atoms with Crippen LogP contribution in [0.5, 0.6) is 11.5 Å². The Bertz CT molecular complexity index is 1030. The number of hydrogen-bond acceptors (Lipinski definition) is 7. The molecule has 3 aliphatic heterocycles. The van der Waals surface area contributed by atoms with Crippen molar-refractivity contribution in [3.63, 3.8) is 0 Å². The van der Waals surface area contributed by atoms with E-state index in [2.05, 4.69) is 50.3 Å². The molecular formula is C33H51NO4S2. The van der Waals surface area contributed by atoms with Gasteiger partial charge >= 0.3 is 5.97 Å². The summed E-state index contributed by atoms with van der Waals surface area (Å²) in [6.45, 7) is 12.9. The fraction of sp³-hybridized carbons (Fsp3) is 0.727. The fourth-order valence-corrected chi connectivity index (χ4v) is 7.94. The Morgan fingerprint density at radius 1 is 1.05 bits per heavy atom. The van der Waals surface area contributed by atoms with E-state index in [1.807, 2.05) is 6.92 Å². The van der Waals surface area contributed by atoms with Gasteiger partial charge in [0.2, 0.25) is 0 Å². The van der Waals surface area contributed by atoms with Crippen molar-refractivity contribution in [3.8, 4) is 11.5 Å². The van der Waals surface area contributed by atoms with E-state index in [0.29, 0.717) is 24.2 Å². The van der Waals surface area contributed by atoms with Crippen LogP contribution >= 0.6 is 23.5 Å². The van der Waals surface area contributed by atoms with E-state index >= 15 is 0 Å². The second kappa shape index (κ2) is 14.7. The summed E-state index contributed by atoms with van der Waals surface area (Å²) in [6.07, 6.45) is 15.6. The molecule has 0 aliphatic carbocycles. The van der Waals surface area contributed by atoms with E-state index in [4.69, 9.17) is 14.2 Å². The van der Waals surface area contributed by atoms with Gasteiger partial charge in [0, 0.05) is 5.57 Å². The summed E-state index contributed by atoms with van der Waals surface area (Å²) in [5.74, 6) is 2.89. The molecule has 0 saturated carbocycles. The van der Waals surface area contributed by atoms with Gasteiger partial charge in [-0.2, -0.15) is 0 Å². The molecular weight excluding hydrogens is 539 g/mol. The molecule has 1 aromatic carbocycles. The molecule has 1 saturated heterocycles. The van der Waals surface area contributed by atoms with Crippen molar-refractivity contribution in [2.75, 3.05) is 38.8 Å². The number of fused-ring (bicyclic) bond motifs is 2. The zero-order valence-electron chi connectivity index (χ0n) is 25.7. The number of benzene rings is 1. The molecule has 4 rings (SSSR count). The normalized spacial score (nSPS) is 20.9. The van der Waals surface area contributed by atoms with Crippen LogP contribution in [0.4, 0.5) is 0 Å². The summed E-state index contributed by atoms with van der Waals surface area (Å²) >= 11 is 3.33. The summed E-state index contributed by atoms with van der Waals surface area (Å²) in [4.78, 5) is 16.0. The number of ether oxygens (including phenoxy) is 3. The molecule has 40 heavy (non-hydrogen) atoms. The number of esters is 1. The minimum absolute atomic E-state index is 0.148. The van der Waals surface area contributed by atoms with Crippen LogP contribution < -0.4 is 9.47 Å². The van der Waals surface area contributed by atoms with Crippen molar-refractivity contribution in [1.82, 2.24) is 4.90 Å². The van der Waals surface area contributed by atoms with E-state index < -0.39 is 4.27 Å². The predicted octanol–water partition coefficient (Wildman–Crippen LogP) is 8.72. The van der Waals surface area contributed by atoms with E-state index in [1.165, 1.54) is 50.5 Å². The smallest absolute Gasteiger partial charge is 0.314 e.